The van der Waals surface area contributed by atoms with Crippen LogP contribution in [0, 0.1) is 0 Å². The van der Waals surface area contributed by atoms with E-state index in [1.54, 1.807) is 6.20 Å². The van der Waals surface area contributed by atoms with E-state index in [1.165, 1.54) is 0 Å². The van der Waals surface area contributed by atoms with Crippen molar-refractivity contribution >= 4 is 0 Å². The monoisotopic (exact) mass is 273 g/mol. The molecule has 0 spiro atoms. The van der Waals surface area contributed by atoms with Gasteiger partial charge in [-0.3, -0.25) is 16.3 Å². The average Bonchev–Trinajstić information content (AvgIpc) is 2.38. The van der Waals surface area contributed by atoms with Gasteiger partial charge in [0.2, 0.25) is 0 Å². The Labute approximate surface area is 110 Å². The lowest BCUT2D eigenvalue weighted by Gasteiger charge is -2.31. The number of nitrogens with one attached hydrogen (secondary N) is 1. The predicted molar refractivity (Wildman–Crippen MR) is 66.3 cm³/mol. The van der Waals surface area contributed by atoms with Crippen LogP contribution in [0.4, 0.5) is 13.2 Å². The van der Waals surface area contributed by atoms with Crippen molar-refractivity contribution in [2.75, 3.05) is 0 Å². The first-order valence-corrected chi connectivity index (χ1v) is 6.48. The summed E-state index contributed by atoms with van der Waals surface area (Å²) in [6.45, 7) is 0. The second kappa shape index (κ2) is 5.88. The molecule has 0 fully saturated rings. The highest BCUT2D eigenvalue weighted by atomic mass is 19.4. The molecule has 0 radical (unpaired) electrons. The highest BCUT2D eigenvalue weighted by Gasteiger charge is 2.33. The molecule has 2 rings (SSSR count). The molecule has 0 saturated heterocycles. The molecular formula is C13H18F3N3. The minimum atomic E-state index is -4.14. The van der Waals surface area contributed by atoms with Crippen molar-refractivity contribution in [1.29, 1.82) is 0 Å². The van der Waals surface area contributed by atoms with Crippen molar-refractivity contribution in [2.45, 2.75) is 50.2 Å². The van der Waals surface area contributed by atoms with Crippen molar-refractivity contribution in [3.63, 3.8) is 0 Å². The SMILES string of the molecule is NNC(CCC(F)(F)F)C1CCCc2cccnc21. The molecule has 0 aromatic carbocycles. The third kappa shape index (κ3) is 3.67. The largest absolute Gasteiger partial charge is 0.389 e. The van der Waals surface area contributed by atoms with Crippen molar-refractivity contribution in [3.8, 4) is 0 Å². The fraction of sp³-hybridized carbons (Fsp3) is 0.615. The lowest BCUT2D eigenvalue weighted by Crippen LogP contribution is -2.42. The van der Waals surface area contributed by atoms with Crippen LogP contribution in [-0.4, -0.2) is 17.2 Å². The molecule has 1 aromatic heterocycles. The van der Waals surface area contributed by atoms with Gasteiger partial charge in [-0.1, -0.05) is 6.07 Å². The van der Waals surface area contributed by atoms with E-state index in [0.717, 1.165) is 30.5 Å². The van der Waals surface area contributed by atoms with E-state index in [-0.39, 0.29) is 18.4 Å². The lowest BCUT2D eigenvalue weighted by molar-refractivity contribution is -0.137. The Bertz CT molecular complexity index is 420. The molecule has 0 saturated carbocycles. The fourth-order valence-corrected chi connectivity index (χ4v) is 2.76. The molecule has 1 aromatic rings. The highest BCUT2D eigenvalue weighted by molar-refractivity contribution is 5.27. The number of aromatic nitrogens is 1. The Balaban J connectivity index is 2.11. The van der Waals surface area contributed by atoms with E-state index in [2.05, 4.69) is 10.4 Å². The number of alkyl halides is 3. The van der Waals surface area contributed by atoms with Crippen LogP contribution in [0.2, 0.25) is 0 Å². The summed E-state index contributed by atoms with van der Waals surface area (Å²) < 4.78 is 37.0. The van der Waals surface area contributed by atoms with Gasteiger partial charge in [-0.05, 0) is 37.3 Å². The number of nitrogens with zero attached hydrogens (tertiary/aromatic N) is 1. The number of fused-ring (bicyclic) bond motifs is 1. The first-order valence-electron chi connectivity index (χ1n) is 6.48. The van der Waals surface area contributed by atoms with Crippen LogP contribution >= 0.6 is 0 Å². The third-order valence-electron chi connectivity index (χ3n) is 3.68. The van der Waals surface area contributed by atoms with Crippen LogP contribution in [0.5, 0.6) is 0 Å². The number of rotatable bonds is 4. The number of nitrogens with two attached hydrogens (primary N) is 1. The van der Waals surface area contributed by atoms with Gasteiger partial charge in [0.05, 0.1) is 0 Å². The van der Waals surface area contributed by atoms with Crippen LogP contribution in [0.3, 0.4) is 0 Å². The van der Waals surface area contributed by atoms with Crippen molar-refractivity contribution in [3.05, 3.63) is 29.6 Å². The van der Waals surface area contributed by atoms with Crippen LogP contribution in [0.25, 0.3) is 0 Å². The van der Waals surface area contributed by atoms with E-state index in [4.69, 9.17) is 5.84 Å². The maximum Gasteiger partial charge on any atom is 0.389 e. The Morgan fingerprint density at radius 1 is 1.47 bits per heavy atom. The van der Waals surface area contributed by atoms with Gasteiger partial charge in [-0.2, -0.15) is 13.2 Å². The van der Waals surface area contributed by atoms with E-state index >= 15 is 0 Å². The summed E-state index contributed by atoms with van der Waals surface area (Å²) in [5, 5.41) is 0. The predicted octanol–water partition coefficient (Wildman–Crippen LogP) is 2.68. The van der Waals surface area contributed by atoms with E-state index in [0.29, 0.717) is 0 Å². The summed E-state index contributed by atoms with van der Waals surface area (Å²) in [6, 6.07) is 3.48. The average molecular weight is 273 g/mol. The van der Waals surface area contributed by atoms with Gasteiger partial charge >= 0.3 is 6.18 Å². The maximum absolute atomic E-state index is 12.3. The number of pyridine rings is 1. The smallest absolute Gasteiger partial charge is 0.271 e. The van der Waals surface area contributed by atoms with Gasteiger partial charge in [0.1, 0.15) is 0 Å². The number of hydrogen-bond donors (Lipinski definition) is 2. The standard InChI is InChI=1S/C13H18F3N3/c14-13(15,16)7-6-11(19-17)10-5-1-3-9-4-2-8-18-12(9)10/h2,4,8,10-11,19H,1,3,5-7,17H2. The zero-order valence-electron chi connectivity index (χ0n) is 10.6. The molecule has 19 heavy (non-hydrogen) atoms. The molecule has 0 bridgehead atoms. The molecule has 3 nitrogen and oxygen atoms in total. The van der Waals surface area contributed by atoms with Gasteiger partial charge in [-0.15, -0.1) is 0 Å². The van der Waals surface area contributed by atoms with Crippen LogP contribution in [0.1, 0.15) is 42.9 Å². The van der Waals surface area contributed by atoms with Crippen molar-refractivity contribution < 1.29 is 13.2 Å². The molecule has 106 valence electrons. The summed E-state index contributed by atoms with van der Waals surface area (Å²) in [5.41, 5.74) is 4.58. The zero-order chi connectivity index (χ0) is 13.9. The first kappa shape index (κ1) is 14.3. The first-order chi connectivity index (χ1) is 9.01. The number of aryl methyl sites for hydroxylation is 1. The molecule has 2 unspecified atom stereocenters. The minimum absolute atomic E-state index is 0.0132. The Morgan fingerprint density at radius 2 is 2.26 bits per heavy atom. The summed E-state index contributed by atoms with van der Waals surface area (Å²) in [7, 11) is 0. The van der Waals surface area contributed by atoms with Gasteiger partial charge in [0, 0.05) is 30.3 Å². The van der Waals surface area contributed by atoms with Gasteiger partial charge in [-0.25, -0.2) is 0 Å². The molecular weight excluding hydrogens is 255 g/mol. The lowest BCUT2D eigenvalue weighted by atomic mass is 9.81. The Hall–Kier alpha value is -1.14. The molecule has 0 aliphatic heterocycles. The third-order valence-corrected chi connectivity index (χ3v) is 3.68. The minimum Gasteiger partial charge on any atom is -0.271 e. The summed E-state index contributed by atoms with van der Waals surface area (Å²) in [5.74, 6) is 5.41. The van der Waals surface area contributed by atoms with E-state index in [1.807, 2.05) is 12.1 Å². The maximum atomic E-state index is 12.3. The van der Waals surface area contributed by atoms with Gasteiger partial charge < -0.3 is 0 Å². The van der Waals surface area contributed by atoms with E-state index < -0.39 is 12.6 Å². The molecule has 1 heterocycles. The number of hydrogen-bond acceptors (Lipinski definition) is 3. The second-order valence-corrected chi connectivity index (χ2v) is 4.97. The highest BCUT2D eigenvalue weighted by Crippen LogP contribution is 2.35. The zero-order valence-corrected chi connectivity index (χ0v) is 10.6. The van der Waals surface area contributed by atoms with Crippen LogP contribution in [-0.2, 0) is 6.42 Å². The molecule has 1 aliphatic rings. The Kier molecular flexibility index (Phi) is 4.42. The van der Waals surface area contributed by atoms with Gasteiger partial charge in [0.25, 0.3) is 0 Å². The topological polar surface area (TPSA) is 50.9 Å². The van der Waals surface area contributed by atoms with E-state index in [9.17, 15) is 13.2 Å². The molecule has 1 aliphatic carbocycles. The number of halogens is 3. The normalized spacial score (nSPS) is 20.9. The molecule has 6 heteroatoms. The molecule has 3 N–H and O–H groups in total. The molecule has 2 atom stereocenters. The number of hydrazine groups is 1. The summed E-state index contributed by atoms with van der Waals surface area (Å²) in [6.07, 6.45) is -0.549. The second-order valence-electron chi connectivity index (χ2n) is 4.97. The van der Waals surface area contributed by atoms with Crippen LogP contribution < -0.4 is 11.3 Å². The Morgan fingerprint density at radius 3 is 2.95 bits per heavy atom. The van der Waals surface area contributed by atoms with Crippen LogP contribution in [0.15, 0.2) is 18.3 Å². The molecule has 0 amide bonds. The van der Waals surface area contributed by atoms with Crippen molar-refractivity contribution in [2.24, 2.45) is 5.84 Å². The van der Waals surface area contributed by atoms with Gasteiger partial charge in [0.15, 0.2) is 0 Å². The fourth-order valence-electron chi connectivity index (χ4n) is 2.76. The summed E-state index contributed by atoms with van der Waals surface area (Å²) >= 11 is 0. The summed E-state index contributed by atoms with van der Waals surface area (Å²) in [4.78, 5) is 4.34. The quantitative estimate of drug-likeness (QED) is 0.655. The van der Waals surface area contributed by atoms with Crippen molar-refractivity contribution in [1.82, 2.24) is 10.4 Å².